The Hall–Kier alpha value is -2.25. The van der Waals surface area contributed by atoms with Crippen LogP contribution in [0.1, 0.15) is 17.2 Å². The maximum atomic E-state index is 13.4. The Morgan fingerprint density at radius 3 is 2.39 bits per heavy atom. The van der Waals surface area contributed by atoms with Gasteiger partial charge in [0.25, 0.3) is 0 Å². The third kappa shape index (κ3) is 4.14. The highest BCUT2D eigenvalue weighted by Gasteiger charge is 2.28. The average Bonchev–Trinajstić information content (AvgIpc) is 2.52. The largest absolute Gasteiger partial charge is 0.468 e. The molecule has 0 aliphatic carbocycles. The summed E-state index contributed by atoms with van der Waals surface area (Å²) in [6.07, 6.45) is 0. The standard InChI is InChI=1S/C16H16FNO4S/c1-11-6-8-14(9-7-11)23(20,21)18-15(16(19)22-2)12-4-3-5-13(17)10-12/h3-10,15,18H,1-2H3. The summed E-state index contributed by atoms with van der Waals surface area (Å²) in [5, 5.41) is 0. The van der Waals surface area contributed by atoms with Crippen molar-refractivity contribution in [3.63, 3.8) is 0 Å². The second kappa shape index (κ2) is 6.89. The quantitative estimate of drug-likeness (QED) is 0.850. The predicted molar refractivity (Wildman–Crippen MR) is 82.7 cm³/mol. The number of rotatable bonds is 5. The molecule has 5 nitrogen and oxygen atoms in total. The molecule has 7 heteroatoms. The third-order valence-electron chi connectivity index (χ3n) is 3.22. The van der Waals surface area contributed by atoms with Crippen molar-refractivity contribution in [2.75, 3.05) is 7.11 Å². The number of halogens is 1. The lowest BCUT2D eigenvalue weighted by atomic mass is 10.1. The minimum absolute atomic E-state index is 0.00778. The second-order valence-electron chi connectivity index (χ2n) is 4.95. The van der Waals surface area contributed by atoms with Gasteiger partial charge in [-0.2, -0.15) is 4.72 Å². The molecule has 2 rings (SSSR count). The van der Waals surface area contributed by atoms with Crippen molar-refractivity contribution in [1.82, 2.24) is 4.72 Å². The molecule has 0 spiro atoms. The predicted octanol–water partition coefficient (Wildman–Crippen LogP) is 2.33. The van der Waals surface area contributed by atoms with Crippen LogP contribution in [0.5, 0.6) is 0 Å². The van der Waals surface area contributed by atoms with E-state index < -0.39 is 27.9 Å². The Labute approximate surface area is 134 Å². The summed E-state index contributed by atoms with van der Waals surface area (Å²) in [5.74, 6) is -1.41. The molecule has 122 valence electrons. The highest BCUT2D eigenvalue weighted by Crippen LogP contribution is 2.20. The van der Waals surface area contributed by atoms with Crippen LogP contribution >= 0.6 is 0 Å². The topological polar surface area (TPSA) is 72.5 Å². The van der Waals surface area contributed by atoms with Gasteiger partial charge in [0.15, 0.2) is 0 Å². The van der Waals surface area contributed by atoms with Crippen LogP contribution in [0.15, 0.2) is 53.4 Å². The van der Waals surface area contributed by atoms with Crippen molar-refractivity contribution in [2.45, 2.75) is 17.9 Å². The van der Waals surface area contributed by atoms with Crippen molar-refractivity contribution < 1.29 is 22.3 Å². The summed E-state index contributed by atoms with van der Waals surface area (Å²) in [4.78, 5) is 11.9. The number of carbonyl (C=O) groups is 1. The van der Waals surface area contributed by atoms with Crippen LogP contribution in [0.25, 0.3) is 0 Å². The van der Waals surface area contributed by atoms with Crippen molar-refractivity contribution in [3.8, 4) is 0 Å². The first-order valence-electron chi connectivity index (χ1n) is 6.76. The number of carbonyl (C=O) groups excluding carboxylic acids is 1. The van der Waals surface area contributed by atoms with E-state index in [-0.39, 0.29) is 10.5 Å². The Bertz CT molecular complexity index is 803. The number of aryl methyl sites for hydroxylation is 1. The lowest BCUT2D eigenvalue weighted by molar-refractivity contribution is -0.142. The Morgan fingerprint density at radius 2 is 1.83 bits per heavy atom. The number of methoxy groups -OCH3 is 1. The summed E-state index contributed by atoms with van der Waals surface area (Å²) >= 11 is 0. The first-order valence-corrected chi connectivity index (χ1v) is 8.24. The fourth-order valence-electron chi connectivity index (χ4n) is 2.00. The minimum Gasteiger partial charge on any atom is -0.468 e. The van der Waals surface area contributed by atoms with E-state index in [0.29, 0.717) is 0 Å². The molecule has 0 aliphatic rings. The normalized spacial score (nSPS) is 12.7. The van der Waals surface area contributed by atoms with Crippen LogP contribution in [0.2, 0.25) is 0 Å². The van der Waals surface area contributed by atoms with E-state index in [1.807, 2.05) is 6.92 Å². The number of ether oxygens (including phenoxy) is 1. The molecule has 0 saturated heterocycles. The van der Waals surface area contributed by atoms with Gasteiger partial charge in [0.2, 0.25) is 10.0 Å². The lowest BCUT2D eigenvalue weighted by Gasteiger charge is -2.17. The van der Waals surface area contributed by atoms with E-state index in [0.717, 1.165) is 18.7 Å². The van der Waals surface area contributed by atoms with E-state index in [9.17, 15) is 17.6 Å². The molecule has 0 aromatic heterocycles. The van der Waals surface area contributed by atoms with Gasteiger partial charge in [-0.15, -0.1) is 0 Å². The van der Waals surface area contributed by atoms with E-state index in [1.54, 1.807) is 12.1 Å². The molecule has 1 unspecified atom stereocenters. The molecular formula is C16H16FNO4S. The molecule has 0 saturated carbocycles. The van der Waals surface area contributed by atoms with Gasteiger partial charge in [-0.05, 0) is 36.8 Å². The van der Waals surface area contributed by atoms with Crippen LogP contribution in [0.3, 0.4) is 0 Å². The van der Waals surface area contributed by atoms with Crippen molar-refractivity contribution in [1.29, 1.82) is 0 Å². The molecule has 1 N–H and O–H groups in total. The van der Waals surface area contributed by atoms with E-state index in [1.165, 1.54) is 30.3 Å². The zero-order valence-corrected chi connectivity index (χ0v) is 13.4. The van der Waals surface area contributed by atoms with E-state index >= 15 is 0 Å². The molecule has 0 radical (unpaired) electrons. The molecule has 0 fully saturated rings. The van der Waals surface area contributed by atoms with Crippen molar-refractivity contribution in [3.05, 3.63) is 65.5 Å². The van der Waals surface area contributed by atoms with Crippen molar-refractivity contribution >= 4 is 16.0 Å². The number of sulfonamides is 1. The first kappa shape index (κ1) is 17.1. The molecule has 0 aliphatic heterocycles. The molecular weight excluding hydrogens is 321 g/mol. The molecule has 2 aromatic carbocycles. The number of esters is 1. The minimum atomic E-state index is -3.97. The van der Waals surface area contributed by atoms with Crippen LogP contribution < -0.4 is 4.72 Å². The van der Waals surface area contributed by atoms with Gasteiger partial charge in [-0.3, -0.25) is 0 Å². The summed E-state index contributed by atoms with van der Waals surface area (Å²) in [7, 11) is -2.83. The third-order valence-corrected chi connectivity index (χ3v) is 4.66. The van der Waals surface area contributed by atoms with Gasteiger partial charge in [-0.1, -0.05) is 29.8 Å². The second-order valence-corrected chi connectivity index (χ2v) is 6.66. The summed E-state index contributed by atoms with van der Waals surface area (Å²) in [6, 6.07) is 9.93. The number of benzene rings is 2. The Balaban J connectivity index is 2.38. The lowest BCUT2D eigenvalue weighted by Crippen LogP contribution is -2.34. The SMILES string of the molecule is COC(=O)C(NS(=O)(=O)c1ccc(C)cc1)c1cccc(F)c1. The van der Waals surface area contributed by atoms with Gasteiger partial charge in [0.1, 0.15) is 11.9 Å². The molecule has 0 bridgehead atoms. The van der Waals surface area contributed by atoms with Gasteiger partial charge < -0.3 is 4.74 Å². The molecule has 1 atom stereocenters. The zero-order chi connectivity index (χ0) is 17.0. The number of nitrogens with one attached hydrogen (secondary N) is 1. The molecule has 23 heavy (non-hydrogen) atoms. The highest BCUT2D eigenvalue weighted by atomic mass is 32.2. The summed E-state index contributed by atoms with van der Waals surface area (Å²) in [6.45, 7) is 1.83. The fraction of sp³-hybridized carbons (Fsp3) is 0.188. The maximum absolute atomic E-state index is 13.4. The molecule has 2 aromatic rings. The van der Waals surface area contributed by atoms with Crippen molar-refractivity contribution in [2.24, 2.45) is 0 Å². The number of hydrogen-bond acceptors (Lipinski definition) is 4. The molecule has 0 heterocycles. The van der Waals surface area contributed by atoms with Gasteiger partial charge in [-0.25, -0.2) is 17.6 Å². The fourth-order valence-corrected chi connectivity index (χ4v) is 3.17. The summed E-state index contributed by atoms with van der Waals surface area (Å²) in [5.41, 5.74) is 1.06. The Morgan fingerprint density at radius 1 is 1.17 bits per heavy atom. The first-order chi connectivity index (χ1) is 10.8. The highest BCUT2D eigenvalue weighted by molar-refractivity contribution is 7.89. The Kier molecular flexibility index (Phi) is 5.12. The van der Waals surface area contributed by atoms with E-state index in [2.05, 4.69) is 9.46 Å². The molecule has 0 amide bonds. The van der Waals surface area contributed by atoms with Gasteiger partial charge >= 0.3 is 5.97 Å². The number of hydrogen-bond donors (Lipinski definition) is 1. The van der Waals surface area contributed by atoms with Gasteiger partial charge in [0.05, 0.1) is 12.0 Å². The zero-order valence-electron chi connectivity index (χ0n) is 12.6. The smallest absolute Gasteiger partial charge is 0.328 e. The average molecular weight is 337 g/mol. The van der Waals surface area contributed by atoms with Crippen LogP contribution in [0.4, 0.5) is 4.39 Å². The summed E-state index contributed by atoms with van der Waals surface area (Å²) < 4.78 is 45.1. The van der Waals surface area contributed by atoms with Crippen LogP contribution in [0, 0.1) is 12.7 Å². The van der Waals surface area contributed by atoms with Crippen LogP contribution in [-0.2, 0) is 19.6 Å². The maximum Gasteiger partial charge on any atom is 0.328 e. The van der Waals surface area contributed by atoms with Gasteiger partial charge in [0, 0.05) is 0 Å². The van der Waals surface area contributed by atoms with Crippen LogP contribution in [-0.4, -0.2) is 21.5 Å². The van der Waals surface area contributed by atoms with E-state index in [4.69, 9.17) is 0 Å². The monoisotopic (exact) mass is 337 g/mol.